The zero-order valence-corrected chi connectivity index (χ0v) is 17.0. The zero-order chi connectivity index (χ0) is 21.1. The number of ether oxygens (including phenoxy) is 2. The molecule has 1 saturated heterocycles. The third-order valence-corrected chi connectivity index (χ3v) is 6.06. The van der Waals surface area contributed by atoms with Gasteiger partial charge in [-0.15, -0.1) is 0 Å². The number of imide groups is 1. The fourth-order valence-electron chi connectivity index (χ4n) is 4.53. The molecule has 2 aliphatic rings. The van der Waals surface area contributed by atoms with E-state index >= 15 is 0 Å². The van der Waals surface area contributed by atoms with E-state index in [0.29, 0.717) is 30.7 Å². The molecule has 1 aliphatic heterocycles. The summed E-state index contributed by atoms with van der Waals surface area (Å²) in [6, 6.07) is 16.7. The molecule has 4 rings (SSSR count). The van der Waals surface area contributed by atoms with Crippen molar-refractivity contribution in [2.75, 3.05) is 25.2 Å². The lowest BCUT2D eigenvalue weighted by molar-refractivity contribution is -0.122. The van der Waals surface area contributed by atoms with Gasteiger partial charge in [0.1, 0.15) is 6.61 Å². The minimum absolute atomic E-state index is 0.145. The second-order valence-corrected chi connectivity index (χ2v) is 7.82. The number of carbonyl (C=O) groups excluding carboxylic acids is 3. The summed E-state index contributed by atoms with van der Waals surface area (Å²) < 4.78 is 10.0. The van der Waals surface area contributed by atoms with Gasteiger partial charge in [0.2, 0.25) is 11.8 Å². The number of fused-ring (bicyclic) bond motifs is 1. The average molecular weight is 407 g/mol. The first-order valence-electron chi connectivity index (χ1n) is 10.3. The van der Waals surface area contributed by atoms with Crippen LogP contribution in [0.5, 0.6) is 0 Å². The Labute approximate surface area is 175 Å². The van der Waals surface area contributed by atoms with Crippen molar-refractivity contribution in [2.24, 2.45) is 11.8 Å². The van der Waals surface area contributed by atoms with Gasteiger partial charge in [0.05, 0.1) is 29.7 Å². The van der Waals surface area contributed by atoms with Crippen LogP contribution in [0, 0.1) is 11.8 Å². The van der Waals surface area contributed by atoms with E-state index in [1.807, 2.05) is 18.2 Å². The molecule has 6 nitrogen and oxygen atoms in total. The molecule has 1 heterocycles. The van der Waals surface area contributed by atoms with Crippen LogP contribution < -0.4 is 4.90 Å². The van der Waals surface area contributed by atoms with E-state index in [0.717, 1.165) is 6.42 Å². The third-order valence-electron chi connectivity index (χ3n) is 6.06. The molecule has 0 aromatic heterocycles. The standard InChI is InChI=1S/C24H25NO5/c1-29-12-13-30-24(28)18-8-5-9-19(14-18)25-22(26)20-11-10-17(15-21(20)23(25)27)16-6-3-2-4-7-16/h2-9,14,17,20-21H,10-13,15H2,1H3/t17-,20+,21+/m0/s1. The van der Waals surface area contributed by atoms with Gasteiger partial charge in [-0.2, -0.15) is 0 Å². The molecule has 0 bridgehead atoms. The molecule has 30 heavy (non-hydrogen) atoms. The van der Waals surface area contributed by atoms with E-state index in [-0.39, 0.29) is 36.2 Å². The first-order valence-corrected chi connectivity index (χ1v) is 10.3. The maximum absolute atomic E-state index is 13.2. The van der Waals surface area contributed by atoms with Crippen LogP contribution in [-0.2, 0) is 19.1 Å². The van der Waals surface area contributed by atoms with Crippen LogP contribution in [0.15, 0.2) is 54.6 Å². The summed E-state index contributed by atoms with van der Waals surface area (Å²) in [6.45, 7) is 0.451. The van der Waals surface area contributed by atoms with Gasteiger partial charge in [0, 0.05) is 7.11 Å². The number of benzene rings is 2. The highest BCUT2D eigenvalue weighted by Gasteiger charge is 2.50. The Kier molecular flexibility index (Phi) is 5.95. The fraction of sp³-hybridized carbons (Fsp3) is 0.375. The van der Waals surface area contributed by atoms with Crippen molar-refractivity contribution in [3.8, 4) is 0 Å². The quantitative estimate of drug-likeness (QED) is 0.416. The molecule has 2 aromatic rings. The lowest BCUT2D eigenvalue weighted by Gasteiger charge is -2.28. The topological polar surface area (TPSA) is 72.9 Å². The molecule has 156 valence electrons. The number of esters is 1. The minimum atomic E-state index is -0.505. The van der Waals surface area contributed by atoms with Crippen LogP contribution in [0.4, 0.5) is 5.69 Å². The van der Waals surface area contributed by atoms with E-state index in [1.165, 1.54) is 17.6 Å². The number of hydrogen-bond acceptors (Lipinski definition) is 5. The zero-order valence-electron chi connectivity index (χ0n) is 17.0. The summed E-state index contributed by atoms with van der Waals surface area (Å²) in [4.78, 5) is 39.7. The van der Waals surface area contributed by atoms with Crippen molar-refractivity contribution < 1.29 is 23.9 Å². The van der Waals surface area contributed by atoms with Crippen molar-refractivity contribution in [2.45, 2.75) is 25.2 Å². The molecular weight excluding hydrogens is 382 g/mol. The highest BCUT2D eigenvalue weighted by Crippen LogP contribution is 2.45. The second kappa shape index (κ2) is 8.79. The van der Waals surface area contributed by atoms with Crippen LogP contribution in [0.3, 0.4) is 0 Å². The number of methoxy groups -OCH3 is 1. The molecular formula is C24H25NO5. The summed E-state index contributed by atoms with van der Waals surface area (Å²) >= 11 is 0. The summed E-state index contributed by atoms with van der Waals surface area (Å²) in [7, 11) is 1.53. The van der Waals surface area contributed by atoms with Gasteiger partial charge in [-0.25, -0.2) is 4.79 Å². The van der Waals surface area contributed by atoms with Crippen LogP contribution in [0.25, 0.3) is 0 Å². The molecule has 3 atom stereocenters. The first kappa shape index (κ1) is 20.3. The molecule has 2 fully saturated rings. The molecule has 2 amide bonds. The summed E-state index contributed by atoms with van der Waals surface area (Å²) in [5.41, 5.74) is 1.95. The Morgan fingerprint density at radius 1 is 0.967 bits per heavy atom. The van der Waals surface area contributed by atoms with Gasteiger partial charge < -0.3 is 9.47 Å². The molecule has 1 saturated carbocycles. The molecule has 0 spiro atoms. The van der Waals surface area contributed by atoms with E-state index in [1.54, 1.807) is 24.3 Å². The fourth-order valence-corrected chi connectivity index (χ4v) is 4.53. The lowest BCUT2D eigenvalue weighted by Crippen LogP contribution is -2.31. The predicted molar refractivity (Wildman–Crippen MR) is 111 cm³/mol. The maximum Gasteiger partial charge on any atom is 0.338 e. The minimum Gasteiger partial charge on any atom is -0.460 e. The Bertz CT molecular complexity index is 942. The van der Waals surface area contributed by atoms with Gasteiger partial charge in [0.15, 0.2) is 0 Å². The number of nitrogens with zero attached hydrogens (tertiary/aromatic N) is 1. The predicted octanol–water partition coefficient (Wildman–Crippen LogP) is 3.56. The monoisotopic (exact) mass is 407 g/mol. The van der Waals surface area contributed by atoms with Gasteiger partial charge in [-0.1, -0.05) is 36.4 Å². The Morgan fingerprint density at radius 2 is 1.73 bits per heavy atom. The molecule has 0 unspecified atom stereocenters. The Morgan fingerprint density at radius 3 is 2.50 bits per heavy atom. The van der Waals surface area contributed by atoms with Gasteiger partial charge >= 0.3 is 5.97 Å². The summed E-state index contributed by atoms with van der Waals surface area (Å²) in [5, 5.41) is 0. The Hall–Kier alpha value is -2.99. The first-order chi connectivity index (χ1) is 14.6. The van der Waals surface area contributed by atoms with Crippen molar-refractivity contribution in [3.05, 3.63) is 65.7 Å². The van der Waals surface area contributed by atoms with Crippen LogP contribution in [0.1, 0.15) is 41.1 Å². The summed E-state index contributed by atoms with van der Waals surface area (Å²) in [6.07, 6.45) is 2.27. The smallest absolute Gasteiger partial charge is 0.338 e. The Balaban J connectivity index is 1.52. The SMILES string of the molecule is COCCOC(=O)c1cccc(N2C(=O)[C@@H]3CC[C@H](c4ccccc4)C[C@H]3C2=O)c1. The van der Waals surface area contributed by atoms with E-state index in [4.69, 9.17) is 9.47 Å². The highest BCUT2D eigenvalue weighted by molar-refractivity contribution is 6.22. The van der Waals surface area contributed by atoms with E-state index in [9.17, 15) is 14.4 Å². The normalized spacial score (nSPS) is 23.4. The van der Waals surface area contributed by atoms with Gasteiger partial charge in [-0.3, -0.25) is 14.5 Å². The second-order valence-electron chi connectivity index (χ2n) is 7.82. The van der Waals surface area contributed by atoms with Crippen LogP contribution >= 0.6 is 0 Å². The largest absolute Gasteiger partial charge is 0.460 e. The van der Waals surface area contributed by atoms with Crippen molar-refractivity contribution in [1.82, 2.24) is 0 Å². The number of carbonyl (C=O) groups is 3. The van der Waals surface area contributed by atoms with Crippen LogP contribution in [0.2, 0.25) is 0 Å². The average Bonchev–Trinajstić information content (AvgIpc) is 3.04. The molecule has 0 N–H and O–H groups in total. The lowest BCUT2D eigenvalue weighted by atomic mass is 9.73. The van der Waals surface area contributed by atoms with Gasteiger partial charge in [-0.05, 0) is 48.9 Å². The molecule has 2 aromatic carbocycles. The molecule has 1 aliphatic carbocycles. The number of amides is 2. The van der Waals surface area contributed by atoms with E-state index < -0.39 is 5.97 Å². The van der Waals surface area contributed by atoms with Crippen molar-refractivity contribution in [3.63, 3.8) is 0 Å². The number of anilines is 1. The van der Waals surface area contributed by atoms with Crippen molar-refractivity contribution >= 4 is 23.5 Å². The van der Waals surface area contributed by atoms with E-state index in [2.05, 4.69) is 12.1 Å². The highest BCUT2D eigenvalue weighted by atomic mass is 16.6. The van der Waals surface area contributed by atoms with Crippen LogP contribution in [-0.4, -0.2) is 38.1 Å². The van der Waals surface area contributed by atoms with Crippen molar-refractivity contribution in [1.29, 1.82) is 0 Å². The molecule has 0 radical (unpaired) electrons. The molecule has 6 heteroatoms. The summed E-state index contributed by atoms with van der Waals surface area (Å²) in [5.74, 6) is -1.15. The number of rotatable bonds is 6. The van der Waals surface area contributed by atoms with Gasteiger partial charge in [0.25, 0.3) is 0 Å². The maximum atomic E-state index is 13.2. The number of hydrogen-bond donors (Lipinski definition) is 0. The third kappa shape index (κ3) is 3.87.